The SMILES string of the molecule is CCCN(Cc1ccc(C(N)=O)cc1N)CC(F)(F)F. The number of benzene rings is 1. The molecule has 0 aliphatic carbocycles. The maximum Gasteiger partial charge on any atom is 0.401 e. The topological polar surface area (TPSA) is 72.3 Å². The number of halogens is 3. The number of anilines is 1. The minimum absolute atomic E-state index is 0.0816. The van der Waals surface area contributed by atoms with Crippen LogP contribution in [0.2, 0.25) is 0 Å². The monoisotopic (exact) mass is 289 g/mol. The number of hydrogen-bond acceptors (Lipinski definition) is 3. The molecule has 0 radical (unpaired) electrons. The van der Waals surface area contributed by atoms with Crippen LogP contribution in [0.3, 0.4) is 0 Å². The second-order valence-electron chi connectivity index (χ2n) is 4.60. The molecule has 0 bridgehead atoms. The highest BCUT2D eigenvalue weighted by Crippen LogP contribution is 2.21. The van der Waals surface area contributed by atoms with Gasteiger partial charge in [0.15, 0.2) is 0 Å². The summed E-state index contributed by atoms with van der Waals surface area (Å²) in [5, 5.41) is 0. The summed E-state index contributed by atoms with van der Waals surface area (Å²) in [6.45, 7) is 1.22. The van der Waals surface area contributed by atoms with Gasteiger partial charge in [-0.15, -0.1) is 0 Å². The summed E-state index contributed by atoms with van der Waals surface area (Å²) in [6.07, 6.45) is -3.65. The molecule has 0 aliphatic rings. The third kappa shape index (κ3) is 5.08. The van der Waals surface area contributed by atoms with Gasteiger partial charge in [0.2, 0.25) is 5.91 Å². The third-order valence-corrected chi connectivity index (χ3v) is 2.77. The van der Waals surface area contributed by atoms with Crippen LogP contribution in [0, 0.1) is 0 Å². The Morgan fingerprint density at radius 1 is 1.35 bits per heavy atom. The highest BCUT2D eigenvalue weighted by atomic mass is 19.4. The van der Waals surface area contributed by atoms with Crippen LogP contribution in [0.5, 0.6) is 0 Å². The van der Waals surface area contributed by atoms with E-state index in [0.717, 1.165) is 0 Å². The first-order valence-electron chi connectivity index (χ1n) is 6.20. The summed E-state index contributed by atoms with van der Waals surface area (Å²) >= 11 is 0. The first-order chi connectivity index (χ1) is 9.23. The van der Waals surface area contributed by atoms with Crippen molar-refractivity contribution in [3.8, 4) is 0 Å². The number of rotatable bonds is 6. The molecule has 7 heteroatoms. The summed E-state index contributed by atoms with van der Waals surface area (Å²) in [7, 11) is 0. The largest absolute Gasteiger partial charge is 0.401 e. The lowest BCUT2D eigenvalue weighted by Gasteiger charge is -2.23. The number of nitrogens with two attached hydrogens (primary N) is 2. The summed E-state index contributed by atoms with van der Waals surface area (Å²) < 4.78 is 37.4. The van der Waals surface area contributed by atoms with Gasteiger partial charge in [-0.1, -0.05) is 13.0 Å². The first kappa shape index (κ1) is 16.3. The van der Waals surface area contributed by atoms with Crippen LogP contribution in [0.15, 0.2) is 18.2 Å². The number of carbonyl (C=O) groups excluding carboxylic acids is 1. The van der Waals surface area contributed by atoms with E-state index in [1.54, 1.807) is 0 Å². The molecule has 1 aromatic carbocycles. The molecule has 0 saturated heterocycles. The molecule has 0 atom stereocenters. The Kier molecular flexibility index (Phi) is 5.38. The van der Waals surface area contributed by atoms with Gasteiger partial charge in [0.1, 0.15) is 0 Å². The van der Waals surface area contributed by atoms with Crippen molar-refractivity contribution in [3.63, 3.8) is 0 Å². The lowest BCUT2D eigenvalue weighted by Crippen LogP contribution is -2.34. The molecule has 4 nitrogen and oxygen atoms in total. The highest BCUT2D eigenvalue weighted by Gasteiger charge is 2.30. The van der Waals surface area contributed by atoms with Gasteiger partial charge in [-0.25, -0.2) is 0 Å². The number of nitrogens with zero attached hydrogens (tertiary/aromatic N) is 1. The van der Waals surface area contributed by atoms with Crippen LogP contribution in [-0.2, 0) is 6.54 Å². The number of amides is 1. The Morgan fingerprint density at radius 2 is 2.00 bits per heavy atom. The molecule has 0 aliphatic heterocycles. The van der Waals surface area contributed by atoms with E-state index in [1.165, 1.54) is 23.1 Å². The van der Waals surface area contributed by atoms with Crippen LogP contribution < -0.4 is 11.5 Å². The van der Waals surface area contributed by atoms with Crippen LogP contribution in [-0.4, -0.2) is 30.1 Å². The third-order valence-electron chi connectivity index (χ3n) is 2.77. The highest BCUT2D eigenvalue weighted by molar-refractivity contribution is 5.93. The van der Waals surface area contributed by atoms with Crippen molar-refractivity contribution in [1.82, 2.24) is 4.90 Å². The normalized spacial score (nSPS) is 11.8. The quantitative estimate of drug-likeness (QED) is 0.788. The fourth-order valence-electron chi connectivity index (χ4n) is 1.92. The molecule has 0 aromatic heterocycles. The van der Waals surface area contributed by atoms with E-state index < -0.39 is 18.6 Å². The Bertz CT molecular complexity index is 474. The number of hydrogen-bond donors (Lipinski definition) is 2. The van der Waals surface area contributed by atoms with Crippen molar-refractivity contribution in [3.05, 3.63) is 29.3 Å². The summed E-state index contributed by atoms with van der Waals surface area (Å²) in [5.74, 6) is -0.621. The summed E-state index contributed by atoms with van der Waals surface area (Å²) in [5.41, 5.74) is 11.9. The van der Waals surface area contributed by atoms with Crippen LogP contribution in [0.4, 0.5) is 18.9 Å². The summed E-state index contributed by atoms with van der Waals surface area (Å²) in [4.78, 5) is 12.3. The van der Waals surface area contributed by atoms with Gasteiger partial charge in [0.05, 0.1) is 6.54 Å². The predicted molar refractivity (Wildman–Crippen MR) is 71.0 cm³/mol. The van der Waals surface area contributed by atoms with E-state index in [9.17, 15) is 18.0 Å². The van der Waals surface area contributed by atoms with E-state index in [-0.39, 0.29) is 17.8 Å². The van der Waals surface area contributed by atoms with Gasteiger partial charge in [-0.3, -0.25) is 9.69 Å². The van der Waals surface area contributed by atoms with E-state index >= 15 is 0 Å². The molecular formula is C13H18F3N3O. The lowest BCUT2D eigenvalue weighted by molar-refractivity contribution is -0.147. The fourth-order valence-corrected chi connectivity index (χ4v) is 1.92. The van der Waals surface area contributed by atoms with E-state index in [4.69, 9.17) is 11.5 Å². The second kappa shape index (κ2) is 6.60. The van der Waals surface area contributed by atoms with Gasteiger partial charge in [0, 0.05) is 17.8 Å². The molecule has 1 rings (SSSR count). The van der Waals surface area contributed by atoms with Gasteiger partial charge in [-0.05, 0) is 30.7 Å². The fraction of sp³-hybridized carbons (Fsp3) is 0.462. The van der Waals surface area contributed by atoms with Crippen molar-refractivity contribution in [1.29, 1.82) is 0 Å². The van der Waals surface area contributed by atoms with E-state index in [0.29, 0.717) is 18.5 Å². The smallest absolute Gasteiger partial charge is 0.398 e. The maximum atomic E-state index is 12.5. The number of nitrogen functional groups attached to an aromatic ring is 1. The van der Waals surface area contributed by atoms with Crippen LogP contribution in [0.1, 0.15) is 29.3 Å². The maximum absolute atomic E-state index is 12.5. The van der Waals surface area contributed by atoms with E-state index in [2.05, 4.69) is 0 Å². The molecule has 20 heavy (non-hydrogen) atoms. The zero-order chi connectivity index (χ0) is 15.3. The Labute approximate surface area is 115 Å². The molecular weight excluding hydrogens is 271 g/mol. The molecule has 1 aromatic rings. The van der Waals surface area contributed by atoms with Gasteiger partial charge in [0.25, 0.3) is 0 Å². The minimum atomic E-state index is -4.25. The minimum Gasteiger partial charge on any atom is -0.398 e. The first-order valence-corrected chi connectivity index (χ1v) is 6.20. The lowest BCUT2D eigenvalue weighted by atomic mass is 10.1. The Balaban J connectivity index is 2.85. The number of alkyl halides is 3. The molecule has 0 saturated carbocycles. The van der Waals surface area contributed by atoms with Crippen molar-refractivity contribution in [2.45, 2.75) is 26.1 Å². The standard InChI is InChI=1S/C13H18F3N3O/c1-2-5-19(8-13(14,15)16)7-10-4-3-9(12(18)20)6-11(10)17/h3-4,6H,2,5,7-8,17H2,1H3,(H2,18,20). The number of carbonyl (C=O) groups is 1. The van der Waals surface area contributed by atoms with Gasteiger partial charge >= 0.3 is 6.18 Å². The average molecular weight is 289 g/mol. The zero-order valence-corrected chi connectivity index (χ0v) is 11.2. The van der Waals surface area contributed by atoms with E-state index in [1.807, 2.05) is 6.92 Å². The van der Waals surface area contributed by atoms with Gasteiger partial charge in [-0.2, -0.15) is 13.2 Å². The van der Waals surface area contributed by atoms with Crippen molar-refractivity contribution in [2.75, 3.05) is 18.8 Å². The molecule has 0 heterocycles. The molecule has 4 N–H and O–H groups in total. The average Bonchev–Trinajstić information content (AvgIpc) is 2.29. The molecule has 0 fully saturated rings. The van der Waals surface area contributed by atoms with Gasteiger partial charge < -0.3 is 11.5 Å². The second-order valence-corrected chi connectivity index (χ2v) is 4.60. The van der Waals surface area contributed by atoms with Crippen LogP contribution >= 0.6 is 0 Å². The molecule has 1 amide bonds. The van der Waals surface area contributed by atoms with Crippen molar-refractivity contribution >= 4 is 11.6 Å². The van der Waals surface area contributed by atoms with Crippen molar-refractivity contribution < 1.29 is 18.0 Å². The molecule has 0 spiro atoms. The number of primary amides is 1. The van der Waals surface area contributed by atoms with Crippen molar-refractivity contribution in [2.24, 2.45) is 5.73 Å². The Hall–Kier alpha value is -1.76. The predicted octanol–water partition coefficient (Wildman–Crippen LogP) is 2.14. The van der Waals surface area contributed by atoms with Crippen LogP contribution in [0.25, 0.3) is 0 Å². The Morgan fingerprint density at radius 3 is 2.45 bits per heavy atom. The molecule has 112 valence electrons. The zero-order valence-electron chi connectivity index (χ0n) is 11.2. The summed E-state index contributed by atoms with van der Waals surface area (Å²) in [6, 6.07) is 4.38. The molecule has 0 unspecified atom stereocenters.